The van der Waals surface area contributed by atoms with Crippen LogP contribution in [0.1, 0.15) is 24.8 Å². The molecular weight excluding hydrogens is 276 g/mol. The van der Waals surface area contributed by atoms with E-state index in [0.717, 1.165) is 31.5 Å². The lowest BCUT2D eigenvalue weighted by atomic mass is 10.1. The Morgan fingerprint density at radius 2 is 1.82 bits per heavy atom. The second-order valence-electron chi connectivity index (χ2n) is 5.53. The van der Waals surface area contributed by atoms with Gasteiger partial charge in [0.05, 0.1) is 5.69 Å². The topological polar surface area (TPSA) is 61.9 Å². The Morgan fingerprint density at radius 1 is 1.14 bits per heavy atom. The Bertz CT molecular complexity index is 768. The molecule has 1 aromatic carbocycles. The molecule has 1 aliphatic heterocycles. The van der Waals surface area contributed by atoms with Crippen LogP contribution in [0.2, 0.25) is 0 Å². The lowest BCUT2D eigenvalue weighted by molar-refractivity contribution is 0.557. The van der Waals surface area contributed by atoms with Crippen LogP contribution in [0.25, 0.3) is 11.3 Å². The van der Waals surface area contributed by atoms with Crippen LogP contribution in [0.15, 0.2) is 35.1 Å². The molecule has 2 heterocycles. The highest BCUT2D eigenvalue weighted by Gasteiger charge is 2.20. The van der Waals surface area contributed by atoms with Crippen molar-refractivity contribution < 1.29 is 0 Å². The van der Waals surface area contributed by atoms with Crippen molar-refractivity contribution >= 4 is 5.95 Å². The molecule has 3 rings (SSSR count). The summed E-state index contributed by atoms with van der Waals surface area (Å²) in [5.74, 6) is 0.655. The first-order valence-corrected chi connectivity index (χ1v) is 7.54. The van der Waals surface area contributed by atoms with Gasteiger partial charge in [-0.3, -0.25) is 9.36 Å². The standard InChI is InChI=1S/C17H18N4O/c1-20-16(22)14(12-18)15(13-8-4-2-5-9-13)19-17(20)21-10-6-3-7-11-21/h2,4-5,8-9H,3,6-7,10-11H2,1H3. The molecule has 2 aromatic rings. The molecule has 22 heavy (non-hydrogen) atoms. The van der Waals surface area contributed by atoms with Crippen molar-refractivity contribution in [2.24, 2.45) is 7.05 Å². The van der Waals surface area contributed by atoms with E-state index < -0.39 is 0 Å². The summed E-state index contributed by atoms with van der Waals surface area (Å²) in [6.07, 6.45) is 3.43. The molecule has 1 fully saturated rings. The maximum Gasteiger partial charge on any atom is 0.273 e. The zero-order valence-corrected chi connectivity index (χ0v) is 12.6. The van der Waals surface area contributed by atoms with E-state index in [1.807, 2.05) is 36.4 Å². The number of benzene rings is 1. The summed E-state index contributed by atoms with van der Waals surface area (Å²) >= 11 is 0. The number of anilines is 1. The van der Waals surface area contributed by atoms with Gasteiger partial charge in [-0.2, -0.15) is 5.26 Å². The van der Waals surface area contributed by atoms with Gasteiger partial charge in [-0.15, -0.1) is 0 Å². The molecular formula is C17H18N4O. The first-order valence-electron chi connectivity index (χ1n) is 7.54. The maximum atomic E-state index is 12.5. The summed E-state index contributed by atoms with van der Waals surface area (Å²) in [7, 11) is 1.69. The predicted octanol–water partition coefficient (Wildman–Crippen LogP) is 2.31. The van der Waals surface area contributed by atoms with E-state index in [9.17, 15) is 10.1 Å². The van der Waals surface area contributed by atoms with Crippen LogP contribution in [0.4, 0.5) is 5.95 Å². The number of nitrogens with zero attached hydrogens (tertiary/aromatic N) is 4. The zero-order chi connectivity index (χ0) is 15.5. The molecule has 112 valence electrons. The van der Waals surface area contributed by atoms with Gasteiger partial charge < -0.3 is 4.90 Å². The van der Waals surface area contributed by atoms with Gasteiger partial charge in [-0.1, -0.05) is 30.3 Å². The molecule has 0 amide bonds. The lowest BCUT2D eigenvalue weighted by Gasteiger charge is -2.29. The monoisotopic (exact) mass is 294 g/mol. The third kappa shape index (κ3) is 2.48. The Labute approximate surface area is 129 Å². The fourth-order valence-electron chi connectivity index (χ4n) is 2.87. The average Bonchev–Trinajstić information content (AvgIpc) is 2.58. The van der Waals surface area contributed by atoms with Gasteiger partial charge in [-0.05, 0) is 19.3 Å². The third-order valence-corrected chi connectivity index (χ3v) is 4.07. The molecule has 5 nitrogen and oxygen atoms in total. The minimum atomic E-state index is -0.281. The molecule has 5 heteroatoms. The van der Waals surface area contributed by atoms with Crippen molar-refractivity contribution in [3.8, 4) is 17.3 Å². The maximum absolute atomic E-state index is 12.5. The fraction of sp³-hybridized carbons (Fsp3) is 0.353. The quantitative estimate of drug-likeness (QED) is 0.852. The van der Waals surface area contributed by atoms with Crippen molar-refractivity contribution in [2.75, 3.05) is 18.0 Å². The number of aromatic nitrogens is 2. The largest absolute Gasteiger partial charge is 0.342 e. The Hall–Kier alpha value is -2.61. The molecule has 0 spiro atoms. The second kappa shape index (κ2) is 6.02. The van der Waals surface area contributed by atoms with Crippen LogP contribution in [0, 0.1) is 11.3 Å². The zero-order valence-electron chi connectivity index (χ0n) is 12.6. The highest BCUT2D eigenvalue weighted by atomic mass is 16.1. The fourth-order valence-corrected chi connectivity index (χ4v) is 2.87. The van der Waals surface area contributed by atoms with Crippen LogP contribution in [0.5, 0.6) is 0 Å². The smallest absolute Gasteiger partial charge is 0.273 e. The van der Waals surface area contributed by atoms with E-state index in [2.05, 4.69) is 9.88 Å². The number of hydrogen-bond acceptors (Lipinski definition) is 4. The summed E-state index contributed by atoms with van der Waals surface area (Å²) in [6.45, 7) is 1.81. The van der Waals surface area contributed by atoms with Gasteiger partial charge in [0.1, 0.15) is 11.6 Å². The molecule has 0 saturated carbocycles. The van der Waals surface area contributed by atoms with Gasteiger partial charge in [-0.25, -0.2) is 4.98 Å². The highest BCUT2D eigenvalue weighted by molar-refractivity contribution is 5.67. The molecule has 0 bridgehead atoms. The number of rotatable bonds is 2. The van der Waals surface area contributed by atoms with Crippen LogP contribution in [-0.2, 0) is 7.05 Å². The number of piperidine rings is 1. The average molecular weight is 294 g/mol. The van der Waals surface area contributed by atoms with E-state index in [1.54, 1.807) is 7.05 Å². The van der Waals surface area contributed by atoms with E-state index in [0.29, 0.717) is 11.6 Å². The van der Waals surface area contributed by atoms with Crippen LogP contribution in [0.3, 0.4) is 0 Å². The summed E-state index contributed by atoms with van der Waals surface area (Å²) in [5, 5.41) is 9.37. The third-order valence-electron chi connectivity index (χ3n) is 4.07. The molecule has 1 aromatic heterocycles. The first kappa shape index (κ1) is 14.3. The van der Waals surface area contributed by atoms with Crippen molar-refractivity contribution in [1.29, 1.82) is 5.26 Å². The van der Waals surface area contributed by atoms with Crippen LogP contribution < -0.4 is 10.5 Å². The Kier molecular flexibility index (Phi) is 3.92. The second-order valence-corrected chi connectivity index (χ2v) is 5.53. The molecule has 0 aliphatic carbocycles. The van der Waals surface area contributed by atoms with Gasteiger partial charge in [0, 0.05) is 25.7 Å². The van der Waals surface area contributed by atoms with Gasteiger partial charge in [0.15, 0.2) is 0 Å². The summed E-state index contributed by atoms with van der Waals surface area (Å²) in [5.41, 5.74) is 1.10. The van der Waals surface area contributed by atoms with E-state index in [1.165, 1.54) is 11.0 Å². The Balaban J connectivity index is 2.19. The molecule has 1 saturated heterocycles. The number of nitriles is 1. The van der Waals surface area contributed by atoms with Crippen LogP contribution >= 0.6 is 0 Å². The van der Waals surface area contributed by atoms with Crippen molar-refractivity contribution in [1.82, 2.24) is 9.55 Å². The minimum absolute atomic E-state index is 0.106. The summed E-state index contributed by atoms with van der Waals surface area (Å²) in [6, 6.07) is 11.4. The lowest BCUT2D eigenvalue weighted by Crippen LogP contribution is -2.36. The van der Waals surface area contributed by atoms with Gasteiger partial charge in [0.25, 0.3) is 5.56 Å². The molecule has 0 atom stereocenters. The predicted molar refractivity (Wildman–Crippen MR) is 85.7 cm³/mol. The minimum Gasteiger partial charge on any atom is -0.342 e. The van der Waals surface area contributed by atoms with Crippen molar-refractivity contribution in [3.63, 3.8) is 0 Å². The van der Waals surface area contributed by atoms with E-state index in [4.69, 9.17) is 0 Å². The van der Waals surface area contributed by atoms with Gasteiger partial charge in [0.2, 0.25) is 5.95 Å². The van der Waals surface area contributed by atoms with E-state index in [-0.39, 0.29) is 11.1 Å². The van der Waals surface area contributed by atoms with E-state index >= 15 is 0 Å². The molecule has 0 N–H and O–H groups in total. The van der Waals surface area contributed by atoms with Crippen molar-refractivity contribution in [3.05, 3.63) is 46.2 Å². The first-order chi connectivity index (χ1) is 10.7. The molecule has 0 radical (unpaired) electrons. The van der Waals surface area contributed by atoms with Crippen molar-refractivity contribution in [2.45, 2.75) is 19.3 Å². The highest BCUT2D eigenvalue weighted by Crippen LogP contribution is 2.23. The summed E-state index contributed by atoms with van der Waals surface area (Å²) in [4.78, 5) is 19.3. The van der Waals surface area contributed by atoms with Crippen LogP contribution in [-0.4, -0.2) is 22.6 Å². The SMILES string of the molecule is Cn1c(N2CCCCC2)nc(-c2ccccc2)c(C#N)c1=O. The molecule has 1 aliphatic rings. The van der Waals surface area contributed by atoms with Gasteiger partial charge >= 0.3 is 0 Å². The number of hydrogen-bond donors (Lipinski definition) is 0. The Morgan fingerprint density at radius 3 is 2.45 bits per heavy atom. The molecule has 0 unspecified atom stereocenters. The summed E-state index contributed by atoms with van der Waals surface area (Å²) < 4.78 is 1.50. The normalized spacial score (nSPS) is 14.6.